The summed E-state index contributed by atoms with van der Waals surface area (Å²) in [4.78, 5) is 32.0. The van der Waals surface area contributed by atoms with Crippen LogP contribution in [0.3, 0.4) is 0 Å². The summed E-state index contributed by atoms with van der Waals surface area (Å²) in [6, 6.07) is 21.6. The second-order valence-corrected chi connectivity index (χ2v) is 10.6. The van der Waals surface area contributed by atoms with Crippen LogP contribution in [0.5, 0.6) is 5.75 Å². The van der Waals surface area contributed by atoms with Crippen LogP contribution in [-0.4, -0.2) is 17.6 Å². The van der Waals surface area contributed by atoms with E-state index in [-0.39, 0.29) is 12.2 Å². The molecule has 0 saturated heterocycles. The standard InChI is InChI=1S/C30H24Cl2N2O4S/c1-3-23-26(29(36)37-2)27(19-9-5-4-6-10-19)34-28(35)25(39-30(34)33-23)16-20-11-7-8-12-24(20)38-17-18-13-14-21(31)22(32)15-18/h4-16,27H,3,17H2,1-2H3/b25-16-/t27-/m0/s1. The summed E-state index contributed by atoms with van der Waals surface area (Å²) >= 11 is 13.5. The number of benzene rings is 3. The van der Waals surface area contributed by atoms with E-state index < -0.39 is 12.0 Å². The number of aromatic nitrogens is 1. The number of thiazole rings is 1. The lowest BCUT2D eigenvalue weighted by Gasteiger charge is -2.25. The molecule has 5 rings (SSSR count). The van der Waals surface area contributed by atoms with E-state index in [2.05, 4.69) is 0 Å². The molecule has 0 bridgehead atoms. The predicted molar refractivity (Wildman–Crippen MR) is 154 cm³/mol. The van der Waals surface area contributed by atoms with Crippen LogP contribution in [0.4, 0.5) is 0 Å². The second kappa shape index (κ2) is 11.6. The topological polar surface area (TPSA) is 69.9 Å². The van der Waals surface area contributed by atoms with Gasteiger partial charge in [0.1, 0.15) is 12.4 Å². The Labute approximate surface area is 239 Å². The van der Waals surface area contributed by atoms with Crippen LogP contribution >= 0.6 is 34.5 Å². The maximum Gasteiger partial charge on any atom is 0.338 e. The molecule has 3 aromatic carbocycles. The van der Waals surface area contributed by atoms with Gasteiger partial charge in [-0.15, -0.1) is 0 Å². The highest BCUT2D eigenvalue weighted by atomic mass is 35.5. The van der Waals surface area contributed by atoms with E-state index in [9.17, 15) is 9.59 Å². The third-order valence-corrected chi connectivity index (χ3v) is 8.07. The summed E-state index contributed by atoms with van der Waals surface area (Å²) in [5.74, 6) is 0.110. The average Bonchev–Trinajstić information content (AvgIpc) is 3.27. The molecule has 198 valence electrons. The monoisotopic (exact) mass is 578 g/mol. The quantitative estimate of drug-likeness (QED) is 0.264. The Hall–Kier alpha value is -3.65. The van der Waals surface area contributed by atoms with Gasteiger partial charge in [0.15, 0.2) is 4.80 Å². The molecule has 0 N–H and O–H groups in total. The number of para-hydroxylation sites is 1. The lowest BCUT2D eigenvalue weighted by Crippen LogP contribution is -2.40. The number of halogens is 2. The number of ether oxygens (including phenoxy) is 2. The summed E-state index contributed by atoms with van der Waals surface area (Å²) in [6.07, 6.45) is 2.31. The molecule has 0 amide bonds. The Morgan fingerprint density at radius 3 is 2.51 bits per heavy atom. The number of esters is 1. The first-order valence-electron chi connectivity index (χ1n) is 12.2. The molecular formula is C30H24Cl2N2O4S. The molecule has 2 heterocycles. The lowest BCUT2D eigenvalue weighted by atomic mass is 9.95. The number of rotatable bonds is 7. The van der Waals surface area contributed by atoms with Crippen LogP contribution in [0.1, 0.15) is 36.1 Å². The Morgan fingerprint density at radius 2 is 1.79 bits per heavy atom. The highest BCUT2D eigenvalue weighted by Crippen LogP contribution is 2.32. The molecule has 39 heavy (non-hydrogen) atoms. The van der Waals surface area contributed by atoms with Crippen molar-refractivity contribution in [3.63, 3.8) is 0 Å². The van der Waals surface area contributed by atoms with Gasteiger partial charge in [-0.1, -0.05) is 96.1 Å². The summed E-state index contributed by atoms with van der Waals surface area (Å²) in [5.41, 5.74) is 3.13. The Bertz CT molecular complexity index is 1760. The zero-order chi connectivity index (χ0) is 27.5. The maximum absolute atomic E-state index is 13.9. The minimum absolute atomic E-state index is 0.247. The fourth-order valence-corrected chi connectivity index (χ4v) is 5.81. The fourth-order valence-electron chi connectivity index (χ4n) is 4.48. The number of fused-ring (bicyclic) bond motifs is 1. The molecule has 0 radical (unpaired) electrons. The Morgan fingerprint density at radius 1 is 1.05 bits per heavy atom. The van der Waals surface area contributed by atoms with E-state index >= 15 is 0 Å². The van der Waals surface area contributed by atoms with Crippen molar-refractivity contribution in [2.24, 2.45) is 4.99 Å². The van der Waals surface area contributed by atoms with Crippen LogP contribution in [-0.2, 0) is 16.1 Å². The van der Waals surface area contributed by atoms with Gasteiger partial charge in [0, 0.05) is 5.56 Å². The van der Waals surface area contributed by atoms with Crippen molar-refractivity contribution < 1.29 is 14.3 Å². The van der Waals surface area contributed by atoms with E-state index in [4.69, 9.17) is 37.7 Å². The molecule has 0 saturated carbocycles. The maximum atomic E-state index is 13.9. The minimum atomic E-state index is -0.645. The van der Waals surface area contributed by atoms with Crippen molar-refractivity contribution in [3.8, 4) is 5.75 Å². The van der Waals surface area contributed by atoms with E-state index in [1.165, 1.54) is 18.4 Å². The molecular weight excluding hydrogens is 555 g/mol. The predicted octanol–water partition coefficient (Wildman–Crippen LogP) is 5.68. The second-order valence-electron chi connectivity index (χ2n) is 8.77. The smallest absolute Gasteiger partial charge is 0.338 e. The van der Waals surface area contributed by atoms with Crippen molar-refractivity contribution >= 4 is 46.6 Å². The minimum Gasteiger partial charge on any atom is -0.488 e. The summed E-state index contributed by atoms with van der Waals surface area (Å²) in [6.45, 7) is 2.21. The number of hydrogen-bond acceptors (Lipinski definition) is 6. The van der Waals surface area contributed by atoms with E-state index in [0.29, 0.717) is 42.8 Å². The van der Waals surface area contributed by atoms with Crippen molar-refractivity contribution in [1.82, 2.24) is 4.57 Å². The number of allylic oxidation sites excluding steroid dienone is 1. The zero-order valence-corrected chi connectivity index (χ0v) is 23.5. The van der Waals surface area contributed by atoms with Crippen molar-refractivity contribution in [2.45, 2.75) is 26.0 Å². The number of methoxy groups -OCH3 is 1. The van der Waals surface area contributed by atoms with Gasteiger partial charge in [-0.2, -0.15) is 0 Å². The fraction of sp³-hybridized carbons (Fsp3) is 0.167. The summed E-state index contributed by atoms with van der Waals surface area (Å²) in [7, 11) is 1.34. The molecule has 1 aromatic heterocycles. The van der Waals surface area contributed by atoms with Crippen molar-refractivity contribution in [3.05, 3.63) is 130 Å². The van der Waals surface area contributed by atoms with Crippen LogP contribution in [0.15, 0.2) is 93.9 Å². The van der Waals surface area contributed by atoms with Crippen LogP contribution in [0.25, 0.3) is 6.08 Å². The van der Waals surface area contributed by atoms with Crippen molar-refractivity contribution in [2.75, 3.05) is 7.11 Å². The largest absolute Gasteiger partial charge is 0.488 e. The molecule has 1 aliphatic rings. The third kappa shape index (κ3) is 5.43. The lowest BCUT2D eigenvalue weighted by molar-refractivity contribution is -0.136. The van der Waals surface area contributed by atoms with Crippen LogP contribution in [0, 0.1) is 0 Å². The van der Waals surface area contributed by atoms with Gasteiger partial charge < -0.3 is 9.47 Å². The molecule has 9 heteroatoms. The first-order valence-corrected chi connectivity index (χ1v) is 13.8. The normalized spacial score (nSPS) is 15.1. The van der Waals surface area contributed by atoms with Gasteiger partial charge in [0.25, 0.3) is 5.56 Å². The third-order valence-electron chi connectivity index (χ3n) is 6.35. The van der Waals surface area contributed by atoms with E-state index in [1.807, 2.05) is 67.6 Å². The van der Waals surface area contributed by atoms with Gasteiger partial charge in [-0.25, -0.2) is 9.79 Å². The molecule has 0 unspecified atom stereocenters. The number of carbonyl (C=O) groups is 1. The number of carbonyl (C=O) groups excluding carboxylic acids is 1. The number of nitrogens with zero attached hydrogens (tertiary/aromatic N) is 2. The average molecular weight is 580 g/mol. The highest BCUT2D eigenvalue weighted by molar-refractivity contribution is 7.07. The van der Waals surface area contributed by atoms with Crippen LogP contribution in [0.2, 0.25) is 10.0 Å². The van der Waals surface area contributed by atoms with Gasteiger partial charge in [-0.3, -0.25) is 9.36 Å². The molecule has 1 atom stereocenters. The van der Waals surface area contributed by atoms with Gasteiger partial charge in [0.05, 0.1) is 39.0 Å². The van der Waals surface area contributed by atoms with Crippen molar-refractivity contribution in [1.29, 1.82) is 0 Å². The molecule has 0 aliphatic carbocycles. The zero-order valence-electron chi connectivity index (χ0n) is 21.2. The first-order chi connectivity index (χ1) is 18.9. The molecule has 4 aromatic rings. The molecule has 1 aliphatic heterocycles. The first kappa shape index (κ1) is 26.9. The summed E-state index contributed by atoms with van der Waals surface area (Å²) < 4.78 is 13.3. The number of hydrogen-bond donors (Lipinski definition) is 0. The Kier molecular flexibility index (Phi) is 8.02. The van der Waals surface area contributed by atoms with Gasteiger partial charge in [0.2, 0.25) is 0 Å². The Balaban J connectivity index is 1.60. The highest BCUT2D eigenvalue weighted by Gasteiger charge is 2.33. The van der Waals surface area contributed by atoms with Gasteiger partial charge in [-0.05, 0) is 41.8 Å². The van der Waals surface area contributed by atoms with Gasteiger partial charge >= 0.3 is 5.97 Å². The SMILES string of the molecule is CCC1=C(C(=O)OC)[C@H](c2ccccc2)n2c(s/c(=C\c3ccccc3OCc3ccc(Cl)c(Cl)c3)c2=O)=N1. The molecule has 0 spiro atoms. The van der Waals surface area contributed by atoms with E-state index in [1.54, 1.807) is 22.8 Å². The molecule has 6 nitrogen and oxygen atoms in total. The molecule has 0 fully saturated rings. The van der Waals surface area contributed by atoms with E-state index in [0.717, 1.165) is 16.7 Å². The van der Waals surface area contributed by atoms with Crippen LogP contribution < -0.4 is 19.6 Å². The summed E-state index contributed by atoms with van der Waals surface area (Å²) in [5, 5.41) is 0.935.